The Kier molecular flexibility index (Phi) is 2.82. The van der Waals surface area contributed by atoms with Crippen LogP contribution in [0.1, 0.15) is 5.56 Å². The molecule has 1 unspecified atom stereocenters. The Balaban J connectivity index is 2.57. The summed E-state index contributed by atoms with van der Waals surface area (Å²) in [6.45, 7) is 0. The number of alkyl halides is 1. The molecule has 0 saturated carbocycles. The summed E-state index contributed by atoms with van der Waals surface area (Å²) in [5, 5.41) is 3.98. The summed E-state index contributed by atoms with van der Waals surface area (Å²) < 4.78 is 1.72. The van der Waals surface area contributed by atoms with Crippen molar-refractivity contribution in [2.24, 2.45) is 7.05 Å². The first kappa shape index (κ1) is 8.46. The van der Waals surface area contributed by atoms with Crippen LogP contribution in [-0.2, 0) is 18.3 Å². The Hall–Kier alpha value is -0.640. The molecule has 0 bridgehead atoms. The van der Waals surface area contributed by atoms with Gasteiger partial charge in [0.05, 0.1) is 11.0 Å². The van der Waals surface area contributed by atoms with Crippen molar-refractivity contribution >= 4 is 22.2 Å². The van der Waals surface area contributed by atoms with E-state index in [9.17, 15) is 4.79 Å². The summed E-state index contributed by atoms with van der Waals surface area (Å²) in [4.78, 5) is 10.2. The Bertz CT molecular complexity index is 246. The second-order valence-electron chi connectivity index (χ2n) is 2.38. The van der Waals surface area contributed by atoms with Crippen molar-refractivity contribution in [3.63, 3.8) is 0 Å². The number of halogens is 1. The molecular weight excluding hydrogens is 208 g/mol. The monoisotopic (exact) mass is 216 g/mol. The lowest BCUT2D eigenvalue weighted by Gasteiger charge is -1.95. The molecule has 0 amide bonds. The van der Waals surface area contributed by atoms with Crippen LogP contribution in [0.5, 0.6) is 0 Å². The molecule has 0 aliphatic rings. The quantitative estimate of drug-likeness (QED) is 0.557. The highest BCUT2D eigenvalue weighted by molar-refractivity contribution is 9.09. The first-order valence-corrected chi connectivity index (χ1v) is 4.21. The van der Waals surface area contributed by atoms with Gasteiger partial charge in [-0.2, -0.15) is 5.10 Å². The van der Waals surface area contributed by atoms with E-state index >= 15 is 0 Å². The highest BCUT2D eigenvalue weighted by atomic mass is 79.9. The minimum absolute atomic E-state index is 0.0910. The van der Waals surface area contributed by atoms with Gasteiger partial charge >= 0.3 is 0 Å². The molecule has 1 aromatic heterocycles. The second kappa shape index (κ2) is 3.67. The zero-order valence-electron chi connectivity index (χ0n) is 6.20. The molecule has 1 aromatic rings. The molecule has 1 rings (SSSR count). The number of hydrogen-bond donors (Lipinski definition) is 0. The number of aldehydes is 1. The van der Waals surface area contributed by atoms with E-state index in [4.69, 9.17) is 0 Å². The van der Waals surface area contributed by atoms with Gasteiger partial charge in [0.2, 0.25) is 0 Å². The van der Waals surface area contributed by atoms with Crippen molar-refractivity contribution in [1.82, 2.24) is 9.78 Å². The Labute approximate surface area is 73.5 Å². The van der Waals surface area contributed by atoms with Gasteiger partial charge in [-0.25, -0.2) is 0 Å². The van der Waals surface area contributed by atoms with Crippen LogP contribution in [0.2, 0.25) is 0 Å². The third kappa shape index (κ3) is 2.46. The van der Waals surface area contributed by atoms with Crippen LogP contribution < -0.4 is 0 Å². The Morgan fingerprint density at radius 2 is 2.64 bits per heavy atom. The molecule has 0 aliphatic carbocycles. The molecule has 0 radical (unpaired) electrons. The van der Waals surface area contributed by atoms with Gasteiger partial charge in [-0.3, -0.25) is 4.68 Å². The maximum absolute atomic E-state index is 10.2. The van der Waals surface area contributed by atoms with Gasteiger partial charge in [-0.05, 0) is 12.0 Å². The summed E-state index contributed by atoms with van der Waals surface area (Å²) in [5.74, 6) is 0. The van der Waals surface area contributed by atoms with Gasteiger partial charge in [-0.1, -0.05) is 15.9 Å². The summed E-state index contributed by atoms with van der Waals surface area (Å²) in [6, 6.07) is 0. The lowest BCUT2D eigenvalue weighted by Crippen LogP contribution is -2.02. The largest absolute Gasteiger partial charge is 0.302 e. The number of rotatable bonds is 3. The van der Waals surface area contributed by atoms with Gasteiger partial charge in [0.25, 0.3) is 0 Å². The van der Waals surface area contributed by atoms with Crippen molar-refractivity contribution in [3.8, 4) is 0 Å². The molecule has 60 valence electrons. The molecule has 0 aliphatic heterocycles. The van der Waals surface area contributed by atoms with E-state index in [-0.39, 0.29) is 4.83 Å². The standard InChI is InChI=1S/C7H9BrN2O/c1-10-4-6(3-9-10)2-7(8)5-11/h3-5,7H,2H2,1H3. The van der Waals surface area contributed by atoms with Crippen molar-refractivity contribution < 1.29 is 4.79 Å². The molecule has 1 heterocycles. The van der Waals surface area contributed by atoms with E-state index < -0.39 is 0 Å². The minimum Gasteiger partial charge on any atom is -0.302 e. The lowest BCUT2D eigenvalue weighted by molar-refractivity contribution is -0.107. The van der Waals surface area contributed by atoms with Crippen molar-refractivity contribution in [1.29, 1.82) is 0 Å². The molecule has 3 nitrogen and oxygen atoms in total. The second-order valence-corrected chi connectivity index (χ2v) is 3.55. The number of aromatic nitrogens is 2. The van der Waals surface area contributed by atoms with Gasteiger partial charge in [0.1, 0.15) is 6.29 Å². The predicted molar refractivity (Wildman–Crippen MR) is 45.7 cm³/mol. The summed E-state index contributed by atoms with van der Waals surface area (Å²) >= 11 is 3.22. The molecule has 0 aromatic carbocycles. The van der Waals surface area contributed by atoms with Crippen LogP contribution in [0.25, 0.3) is 0 Å². The molecule has 0 spiro atoms. The number of aryl methyl sites for hydroxylation is 1. The number of nitrogens with zero attached hydrogens (tertiary/aromatic N) is 2. The highest BCUT2D eigenvalue weighted by Crippen LogP contribution is 2.06. The van der Waals surface area contributed by atoms with E-state index in [1.165, 1.54) is 0 Å². The van der Waals surface area contributed by atoms with Crippen LogP contribution in [0.3, 0.4) is 0 Å². The average Bonchev–Trinajstić information content (AvgIpc) is 2.35. The summed E-state index contributed by atoms with van der Waals surface area (Å²) in [5.41, 5.74) is 1.07. The third-order valence-electron chi connectivity index (χ3n) is 1.34. The SMILES string of the molecule is Cn1cc(CC(Br)C=O)cn1. The lowest BCUT2D eigenvalue weighted by atomic mass is 10.2. The Morgan fingerprint density at radius 1 is 1.91 bits per heavy atom. The van der Waals surface area contributed by atoms with Gasteiger partial charge in [0, 0.05) is 13.2 Å². The maximum Gasteiger partial charge on any atom is 0.133 e. The third-order valence-corrected chi connectivity index (χ3v) is 1.88. The van der Waals surface area contributed by atoms with Crippen LogP contribution in [-0.4, -0.2) is 20.9 Å². The zero-order chi connectivity index (χ0) is 8.27. The number of carbonyl (C=O) groups is 1. The van der Waals surface area contributed by atoms with Gasteiger partial charge in [-0.15, -0.1) is 0 Å². The van der Waals surface area contributed by atoms with Crippen molar-refractivity contribution in [2.75, 3.05) is 0 Å². The first-order chi connectivity index (χ1) is 5.22. The normalized spacial score (nSPS) is 12.9. The van der Waals surface area contributed by atoms with Gasteiger partial charge in [0.15, 0.2) is 0 Å². The van der Waals surface area contributed by atoms with Crippen LogP contribution in [0.15, 0.2) is 12.4 Å². The first-order valence-electron chi connectivity index (χ1n) is 3.29. The minimum atomic E-state index is -0.0910. The van der Waals surface area contributed by atoms with E-state index in [0.29, 0.717) is 6.42 Å². The van der Waals surface area contributed by atoms with Crippen LogP contribution >= 0.6 is 15.9 Å². The van der Waals surface area contributed by atoms with E-state index in [0.717, 1.165) is 11.8 Å². The van der Waals surface area contributed by atoms with Gasteiger partial charge < -0.3 is 4.79 Å². The fraction of sp³-hybridized carbons (Fsp3) is 0.429. The summed E-state index contributed by atoms with van der Waals surface area (Å²) in [6.07, 6.45) is 5.25. The molecule has 1 atom stereocenters. The Morgan fingerprint density at radius 3 is 3.09 bits per heavy atom. The van der Waals surface area contributed by atoms with E-state index in [1.807, 2.05) is 13.2 Å². The van der Waals surface area contributed by atoms with Crippen molar-refractivity contribution in [3.05, 3.63) is 18.0 Å². The smallest absolute Gasteiger partial charge is 0.133 e. The topological polar surface area (TPSA) is 34.9 Å². The molecule has 0 saturated heterocycles. The maximum atomic E-state index is 10.2. The molecule has 11 heavy (non-hydrogen) atoms. The highest BCUT2D eigenvalue weighted by Gasteiger charge is 2.04. The number of hydrogen-bond acceptors (Lipinski definition) is 2. The summed E-state index contributed by atoms with van der Waals surface area (Å²) in [7, 11) is 1.85. The predicted octanol–water partition coefficient (Wildman–Crippen LogP) is 0.925. The van der Waals surface area contributed by atoms with E-state index in [2.05, 4.69) is 21.0 Å². The molecule has 0 N–H and O–H groups in total. The van der Waals surface area contributed by atoms with E-state index in [1.54, 1.807) is 10.9 Å². The fourth-order valence-corrected chi connectivity index (χ4v) is 1.22. The molecule has 0 fully saturated rings. The molecule has 4 heteroatoms. The fourth-order valence-electron chi connectivity index (χ4n) is 0.851. The average molecular weight is 217 g/mol. The van der Waals surface area contributed by atoms with Crippen LogP contribution in [0, 0.1) is 0 Å². The van der Waals surface area contributed by atoms with Crippen molar-refractivity contribution in [2.45, 2.75) is 11.2 Å². The zero-order valence-corrected chi connectivity index (χ0v) is 7.78. The molecular formula is C7H9BrN2O. The van der Waals surface area contributed by atoms with Crippen LogP contribution in [0.4, 0.5) is 0 Å². The number of carbonyl (C=O) groups excluding carboxylic acids is 1.